The quantitative estimate of drug-likeness (QED) is 0.504. The Kier molecular flexibility index (Phi) is 0.706. The lowest BCUT2D eigenvalue weighted by atomic mass is 10.1. The molecule has 1 fully saturated rings. The molecule has 0 aliphatic heterocycles. The van der Waals surface area contributed by atoms with Crippen molar-refractivity contribution in [1.29, 1.82) is 0 Å². The molecule has 1 N–H and O–H groups in total. The molecule has 1 nitrogen and oxygen atoms in total. The molecule has 44 valence electrons. The first kappa shape index (κ1) is 4.42. The Morgan fingerprint density at radius 2 is 2.38 bits per heavy atom. The van der Waals surface area contributed by atoms with Gasteiger partial charge < -0.3 is 5.11 Å². The summed E-state index contributed by atoms with van der Waals surface area (Å²) >= 11 is 0. The molecule has 0 radical (unpaired) electrons. The maximum atomic E-state index is 9.08. The number of hydrogen-bond acceptors (Lipinski definition) is 1. The number of aliphatic hydroxyl groups excluding tert-OH is 1. The molecule has 0 saturated heterocycles. The van der Waals surface area contributed by atoms with E-state index in [0.29, 0.717) is 11.7 Å². The molecule has 2 aliphatic carbocycles. The van der Waals surface area contributed by atoms with E-state index in [1.54, 1.807) is 0 Å². The molecule has 1 saturated carbocycles. The highest BCUT2D eigenvalue weighted by Crippen LogP contribution is 2.42. The van der Waals surface area contributed by atoms with Crippen molar-refractivity contribution in [2.45, 2.75) is 19.3 Å². The molecule has 0 aromatic heterocycles. The Hall–Kier alpha value is -0.460. The molecule has 2 atom stereocenters. The normalized spacial score (nSPS) is 42.8. The Balaban J connectivity index is 2.29. The number of hydrogen-bond donors (Lipinski definition) is 1. The van der Waals surface area contributed by atoms with E-state index < -0.39 is 0 Å². The molecule has 2 unspecified atom stereocenters. The molecule has 2 aliphatic rings. The van der Waals surface area contributed by atoms with Crippen LogP contribution < -0.4 is 0 Å². The fraction of sp³-hybridized carbons (Fsp3) is 0.714. The topological polar surface area (TPSA) is 20.2 Å². The fourth-order valence-corrected chi connectivity index (χ4v) is 1.81. The summed E-state index contributed by atoms with van der Waals surface area (Å²) in [5.74, 6) is 1.96. The standard InChI is InChI=1S/C7H10O/c8-7-4-5-1-2-6(7)3-5/h4-6,8H,1-3H2. The minimum atomic E-state index is 0.556. The number of rotatable bonds is 0. The monoisotopic (exact) mass is 110 g/mol. The van der Waals surface area contributed by atoms with Crippen molar-refractivity contribution in [3.8, 4) is 0 Å². The second kappa shape index (κ2) is 1.28. The second-order valence-electron chi connectivity index (χ2n) is 2.86. The van der Waals surface area contributed by atoms with Crippen LogP contribution in [0, 0.1) is 11.8 Å². The summed E-state index contributed by atoms with van der Waals surface area (Å²) in [6.45, 7) is 0. The van der Waals surface area contributed by atoms with E-state index in [1.807, 2.05) is 6.08 Å². The average molecular weight is 110 g/mol. The summed E-state index contributed by atoms with van der Waals surface area (Å²) in [5.41, 5.74) is 0. The van der Waals surface area contributed by atoms with Crippen molar-refractivity contribution in [2.24, 2.45) is 11.8 Å². The van der Waals surface area contributed by atoms with Crippen LogP contribution in [0.5, 0.6) is 0 Å². The van der Waals surface area contributed by atoms with Crippen LogP contribution >= 0.6 is 0 Å². The van der Waals surface area contributed by atoms with Crippen molar-refractivity contribution in [2.75, 3.05) is 0 Å². The lowest BCUT2D eigenvalue weighted by molar-refractivity contribution is 0.339. The Bertz CT molecular complexity index is 137. The molecule has 0 spiro atoms. The van der Waals surface area contributed by atoms with E-state index in [2.05, 4.69) is 0 Å². The summed E-state index contributed by atoms with van der Waals surface area (Å²) in [6.07, 6.45) is 5.79. The Labute approximate surface area is 49.0 Å². The second-order valence-corrected chi connectivity index (χ2v) is 2.86. The van der Waals surface area contributed by atoms with Crippen molar-refractivity contribution in [3.05, 3.63) is 11.8 Å². The molecular formula is C7H10O. The molecule has 0 amide bonds. The third-order valence-electron chi connectivity index (χ3n) is 2.30. The molecular weight excluding hydrogens is 100 g/mol. The van der Waals surface area contributed by atoms with Gasteiger partial charge in [0.2, 0.25) is 0 Å². The summed E-state index contributed by atoms with van der Waals surface area (Å²) in [6, 6.07) is 0. The van der Waals surface area contributed by atoms with Crippen LogP contribution in [-0.4, -0.2) is 5.11 Å². The highest BCUT2D eigenvalue weighted by atomic mass is 16.3. The van der Waals surface area contributed by atoms with Gasteiger partial charge in [0, 0.05) is 5.92 Å². The maximum Gasteiger partial charge on any atom is 0.0916 e. The first-order valence-corrected chi connectivity index (χ1v) is 3.27. The smallest absolute Gasteiger partial charge is 0.0916 e. The zero-order chi connectivity index (χ0) is 5.56. The first-order valence-electron chi connectivity index (χ1n) is 3.27. The molecule has 2 bridgehead atoms. The van der Waals surface area contributed by atoms with Crippen LogP contribution in [-0.2, 0) is 0 Å². The average Bonchev–Trinajstić information content (AvgIpc) is 2.23. The lowest BCUT2D eigenvalue weighted by Crippen LogP contribution is -1.94. The largest absolute Gasteiger partial charge is 0.512 e. The molecule has 2 rings (SSSR count). The van der Waals surface area contributed by atoms with E-state index in [9.17, 15) is 0 Å². The molecule has 0 aromatic rings. The van der Waals surface area contributed by atoms with Gasteiger partial charge in [-0.1, -0.05) is 0 Å². The summed E-state index contributed by atoms with van der Waals surface area (Å²) < 4.78 is 0. The van der Waals surface area contributed by atoms with E-state index in [0.717, 1.165) is 5.92 Å². The van der Waals surface area contributed by atoms with Gasteiger partial charge in [-0.3, -0.25) is 0 Å². The van der Waals surface area contributed by atoms with Gasteiger partial charge in [-0.15, -0.1) is 0 Å². The SMILES string of the molecule is OC1=CC2CCC1C2. The molecule has 0 aromatic carbocycles. The summed E-state index contributed by atoms with van der Waals surface area (Å²) in [4.78, 5) is 0. The fourth-order valence-electron chi connectivity index (χ4n) is 1.81. The van der Waals surface area contributed by atoms with Crippen LogP contribution in [0.15, 0.2) is 11.8 Å². The lowest BCUT2D eigenvalue weighted by Gasteiger charge is -2.04. The van der Waals surface area contributed by atoms with Crippen LogP contribution in [0.2, 0.25) is 0 Å². The van der Waals surface area contributed by atoms with Crippen LogP contribution in [0.3, 0.4) is 0 Å². The van der Waals surface area contributed by atoms with Gasteiger partial charge in [0.1, 0.15) is 0 Å². The van der Waals surface area contributed by atoms with Gasteiger partial charge in [-0.2, -0.15) is 0 Å². The van der Waals surface area contributed by atoms with Crippen molar-refractivity contribution in [1.82, 2.24) is 0 Å². The highest BCUT2D eigenvalue weighted by molar-refractivity contribution is 5.12. The van der Waals surface area contributed by atoms with E-state index in [-0.39, 0.29) is 0 Å². The van der Waals surface area contributed by atoms with E-state index >= 15 is 0 Å². The maximum absolute atomic E-state index is 9.08. The van der Waals surface area contributed by atoms with Gasteiger partial charge in [0.15, 0.2) is 0 Å². The first-order chi connectivity index (χ1) is 3.86. The van der Waals surface area contributed by atoms with Gasteiger partial charge in [-0.05, 0) is 31.3 Å². The zero-order valence-corrected chi connectivity index (χ0v) is 4.80. The van der Waals surface area contributed by atoms with Crippen molar-refractivity contribution < 1.29 is 5.11 Å². The zero-order valence-electron chi connectivity index (χ0n) is 4.80. The minimum absolute atomic E-state index is 0.556. The van der Waals surface area contributed by atoms with Crippen LogP contribution in [0.4, 0.5) is 0 Å². The minimum Gasteiger partial charge on any atom is -0.512 e. The van der Waals surface area contributed by atoms with Gasteiger partial charge in [0.25, 0.3) is 0 Å². The van der Waals surface area contributed by atoms with Gasteiger partial charge >= 0.3 is 0 Å². The molecule has 1 heteroatoms. The summed E-state index contributed by atoms with van der Waals surface area (Å²) in [5, 5.41) is 9.08. The van der Waals surface area contributed by atoms with Crippen molar-refractivity contribution in [3.63, 3.8) is 0 Å². The van der Waals surface area contributed by atoms with Crippen LogP contribution in [0.25, 0.3) is 0 Å². The molecule has 0 heterocycles. The predicted molar refractivity (Wildman–Crippen MR) is 31.5 cm³/mol. The van der Waals surface area contributed by atoms with E-state index in [1.165, 1.54) is 19.3 Å². The Morgan fingerprint density at radius 3 is 2.62 bits per heavy atom. The number of fused-ring (bicyclic) bond motifs is 2. The predicted octanol–water partition coefficient (Wildman–Crippen LogP) is 1.86. The highest BCUT2D eigenvalue weighted by Gasteiger charge is 2.32. The Morgan fingerprint density at radius 1 is 1.50 bits per heavy atom. The third-order valence-corrected chi connectivity index (χ3v) is 2.30. The summed E-state index contributed by atoms with van der Waals surface area (Å²) in [7, 11) is 0. The van der Waals surface area contributed by atoms with Gasteiger partial charge in [0.05, 0.1) is 5.76 Å². The number of allylic oxidation sites excluding steroid dienone is 2. The van der Waals surface area contributed by atoms with Gasteiger partial charge in [-0.25, -0.2) is 0 Å². The van der Waals surface area contributed by atoms with Crippen molar-refractivity contribution >= 4 is 0 Å². The number of aliphatic hydroxyl groups is 1. The van der Waals surface area contributed by atoms with Crippen LogP contribution in [0.1, 0.15) is 19.3 Å². The third kappa shape index (κ3) is 0.417. The molecule has 8 heavy (non-hydrogen) atoms. The van der Waals surface area contributed by atoms with E-state index in [4.69, 9.17) is 5.11 Å².